The van der Waals surface area contributed by atoms with E-state index < -0.39 is 0 Å². The first kappa shape index (κ1) is 14.2. The largest absolute Gasteiger partial charge is 0.349 e. The molecule has 1 fully saturated rings. The summed E-state index contributed by atoms with van der Waals surface area (Å²) in [6.07, 6.45) is 2.23. The third-order valence-electron chi connectivity index (χ3n) is 3.51. The summed E-state index contributed by atoms with van der Waals surface area (Å²) in [4.78, 5) is 16.3. The second-order valence-corrected chi connectivity index (χ2v) is 5.88. The van der Waals surface area contributed by atoms with Crippen LogP contribution in [0, 0.1) is 5.82 Å². The Hall–Kier alpha value is -1.79. The van der Waals surface area contributed by atoms with Gasteiger partial charge in [-0.15, -0.1) is 11.3 Å². The van der Waals surface area contributed by atoms with Gasteiger partial charge < -0.3 is 10.6 Å². The van der Waals surface area contributed by atoms with Crippen molar-refractivity contribution in [3.63, 3.8) is 0 Å². The highest BCUT2D eigenvalue weighted by molar-refractivity contribution is 7.13. The summed E-state index contributed by atoms with van der Waals surface area (Å²) in [6.45, 7) is 1.61. The van der Waals surface area contributed by atoms with E-state index in [-0.39, 0.29) is 11.7 Å². The van der Waals surface area contributed by atoms with Crippen molar-refractivity contribution >= 4 is 17.2 Å². The van der Waals surface area contributed by atoms with Crippen molar-refractivity contribution in [2.45, 2.75) is 18.9 Å². The maximum Gasteiger partial charge on any atom is 0.270 e. The number of halogens is 1. The quantitative estimate of drug-likeness (QED) is 0.912. The molecule has 2 N–H and O–H groups in total. The molecule has 110 valence electrons. The molecule has 4 nitrogen and oxygen atoms in total. The van der Waals surface area contributed by atoms with Crippen LogP contribution >= 0.6 is 11.3 Å². The average Bonchev–Trinajstić information content (AvgIpc) is 3.17. The van der Waals surface area contributed by atoms with Gasteiger partial charge in [0.15, 0.2) is 0 Å². The number of nitrogens with one attached hydrogen (secondary N) is 2. The zero-order valence-corrected chi connectivity index (χ0v) is 12.3. The topological polar surface area (TPSA) is 54.0 Å². The van der Waals surface area contributed by atoms with Gasteiger partial charge in [0.1, 0.15) is 16.5 Å². The standard InChI is InChI=1S/C15H16FN3OS/c16-12-6-2-1-5-11(12)15-19-13(9-21-15)14(20)18-8-10-4-3-7-17-10/h1-2,5-6,9-10,17H,3-4,7-8H2,(H,18,20). The second kappa shape index (κ2) is 6.32. The molecule has 3 rings (SSSR count). The third-order valence-corrected chi connectivity index (χ3v) is 4.39. The normalized spacial score (nSPS) is 17.9. The summed E-state index contributed by atoms with van der Waals surface area (Å²) < 4.78 is 13.7. The molecule has 1 aromatic heterocycles. The first-order valence-electron chi connectivity index (χ1n) is 6.96. The van der Waals surface area contributed by atoms with Crippen LogP contribution in [-0.2, 0) is 0 Å². The van der Waals surface area contributed by atoms with E-state index in [2.05, 4.69) is 15.6 Å². The van der Waals surface area contributed by atoms with Gasteiger partial charge in [0.25, 0.3) is 5.91 Å². The van der Waals surface area contributed by atoms with E-state index in [9.17, 15) is 9.18 Å². The molecule has 1 aliphatic heterocycles. The molecule has 1 saturated heterocycles. The van der Waals surface area contributed by atoms with Crippen LogP contribution in [0.5, 0.6) is 0 Å². The van der Waals surface area contributed by atoms with E-state index in [1.165, 1.54) is 17.4 Å². The molecule has 0 saturated carbocycles. The van der Waals surface area contributed by atoms with E-state index in [1.807, 2.05) is 0 Å². The predicted octanol–water partition coefficient (Wildman–Crippen LogP) is 2.43. The Morgan fingerprint density at radius 2 is 2.33 bits per heavy atom. The molecular weight excluding hydrogens is 289 g/mol. The van der Waals surface area contributed by atoms with Crippen molar-refractivity contribution in [2.24, 2.45) is 0 Å². The van der Waals surface area contributed by atoms with Gasteiger partial charge in [0.05, 0.1) is 0 Å². The molecule has 1 atom stereocenters. The molecule has 6 heteroatoms. The lowest BCUT2D eigenvalue weighted by atomic mass is 10.2. The second-order valence-electron chi connectivity index (χ2n) is 5.02. The summed E-state index contributed by atoms with van der Waals surface area (Å²) in [5.41, 5.74) is 0.773. The molecule has 2 aromatic rings. The Bertz CT molecular complexity index is 637. The fourth-order valence-electron chi connectivity index (χ4n) is 2.37. The van der Waals surface area contributed by atoms with Crippen molar-refractivity contribution < 1.29 is 9.18 Å². The number of amides is 1. The summed E-state index contributed by atoms with van der Waals surface area (Å²) in [5.74, 6) is -0.531. The van der Waals surface area contributed by atoms with Crippen LogP contribution in [0.3, 0.4) is 0 Å². The molecule has 1 amide bonds. The minimum absolute atomic E-state index is 0.206. The number of hydrogen-bond acceptors (Lipinski definition) is 4. The van der Waals surface area contributed by atoms with Crippen LogP contribution in [0.15, 0.2) is 29.6 Å². The lowest BCUT2D eigenvalue weighted by molar-refractivity contribution is 0.0946. The zero-order chi connectivity index (χ0) is 14.7. The van der Waals surface area contributed by atoms with Crippen molar-refractivity contribution in [3.8, 4) is 10.6 Å². The number of thiazole rings is 1. The van der Waals surface area contributed by atoms with E-state index in [4.69, 9.17) is 0 Å². The average molecular weight is 305 g/mol. The van der Waals surface area contributed by atoms with Gasteiger partial charge >= 0.3 is 0 Å². The number of rotatable bonds is 4. The number of hydrogen-bond donors (Lipinski definition) is 2. The van der Waals surface area contributed by atoms with Crippen molar-refractivity contribution in [1.82, 2.24) is 15.6 Å². The van der Waals surface area contributed by atoms with Crippen LogP contribution < -0.4 is 10.6 Å². The predicted molar refractivity (Wildman–Crippen MR) is 80.9 cm³/mol. The van der Waals surface area contributed by atoms with Crippen molar-refractivity contribution in [2.75, 3.05) is 13.1 Å². The highest BCUT2D eigenvalue weighted by Crippen LogP contribution is 2.25. The number of nitrogens with zero attached hydrogens (tertiary/aromatic N) is 1. The molecule has 0 radical (unpaired) electrons. The molecule has 0 spiro atoms. The summed E-state index contributed by atoms with van der Waals surface area (Å²) in [7, 11) is 0. The first-order valence-corrected chi connectivity index (χ1v) is 7.84. The van der Waals surface area contributed by atoms with Gasteiger partial charge in [0.2, 0.25) is 0 Å². The smallest absolute Gasteiger partial charge is 0.270 e. The van der Waals surface area contributed by atoms with Crippen LogP contribution in [-0.4, -0.2) is 30.0 Å². The van der Waals surface area contributed by atoms with Crippen LogP contribution in [0.2, 0.25) is 0 Å². The Morgan fingerprint density at radius 1 is 1.48 bits per heavy atom. The Morgan fingerprint density at radius 3 is 3.10 bits per heavy atom. The lowest BCUT2D eigenvalue weighted by Crippen LogP contribution is -2.37. The monoisotopic (exact) mass is 305 g/mol. The number of carbonyl (C=O) groups is 1. The number of benzene rings is 1. The van der Waals surface area contributed by atoms with Crippen LogP contribution in [0.4, 0.5) is 4.39 Å². The molecule has 0 aliphatic carbocycles. The molecule has 1 aliphatic rings. The zero-order valence-electron chi connectivity index (χ0n) is 11.4. The van der Waals surface area contributed by atoms with Gasteiger partial charge in [-0.2, -0.15) is 0 Å². The Labute approximate surface area is 126 Å². The molecule has 2 heterocycles. The summed E-state index contributed by atoms with van der Waals surface area (Å²) >= 11 is 1.28. The first-order chi connectivity index (χ1) is 10.2. The van der Waals surface area contributed by atoms with Gasteiger partial charge in [-0.3, -0.25) is 4.79 Å². The van der Waals surface area contributed by atoms with Gasteiger partial charge in [-0.1, -0.05) is 12.1 Å². The minimum Gasteiger partial charge on any atom is -0.349 e. The summed E-state index contributed by atoms with van der Waals surface area (Å²) in [5, 5.41) is 8.38. The molecule has 1 unspecified atom stereocenters. The van der Waals surface area contributed by atoms with Gasteiger partial charge in [0, 0.05) is 23.5 Å². The Kier molecular flexibility index (Phi) is 4.26. The lowest BCUT2D eigenvalue weighted by Gasteiger charge is -2.10. The Balaban J connectivity index is 1.66. The van der Waals surface area contributed by atoms with Crippen molar-refractivity contribution in [3.05, 3.63) is 41.2 Å². The fourth-order valence-corrected chi connectivity index (χ4v) is 3.20. The molecular formula is C15H16FN3OS. The third kappa shape index (κ3) is 3.28. The summed E-state index contributed by atoms with van der Waals surface area (Å²) in [6, 6.07) is 6.79. The molecule has 0 bridgehead atoms. The van der Waals surface area contributed by atoms with Crippen LogP contribution in [0.1, 0.15) is 23.3 Å². The number of aromatic nitrogens is 1. The van der Waals surface area contributed by atoms with Gasteiger partial charge in [-0.25, -0.2) is 9.37 Å². The maximum absolute atomic E-state index is 13.7. The van der Waals surface area contributed by atoms with Crippen molar-refractivity contribution in [1.29, 1.82) is 0 Å². The van der Waals surface area contributed by atoms with Gasteiger partial charge in [-0.05, 0) is 31.5 Å². The highest BCUT2D eigenvalue weighted by atomic mass is 32.1. The number of carbonyl (C=O) groups excluding carboxylic acids is 1. The fraction of sp³-hybridized carbons (Fsp3) is 0.333. The van der Waals surface area contributed by atoms with E-state index in [0.29, 0.717) is 28.9 Å². The van der Waals surface area contributed by atoms with Crippen LogP contribution in [0.25, 0.3) is 10.6 Å². The highest BCUT2D eigenvalue weighted by Gasteiger charge is 2.17. The SMILES string of the molecule is O=C(NCC1CCCN1)c1csc(-c2ccccc2F)n1. The van der Waals surface area contributed by atoms with E-state index >= 15 is 0 Å². The van der Waals surface area contributed by atoms with E-state index in [0.717, 1.165) is 19.4 Å². The maximum atomic E-state index is 13.7. The molecule has 1 aromatic carbocycles. The molecule has 21 heavy (non-hydrogen) atoms. The van der Waals surface area contributed by atoms with E-state index in [1.54, 1.807) is 23.6 Å². The minimum atomic E-state index is -0.325.